The monoisotopic (exact) mass is 265 g/mol. The summed E-state index contributed by atoms with van der Waals surface area (Å²) in [5.41, 5.74) is -0.527. The van der Waals surface area contributed by atoms with Crippen LogP contribution < -0.4 is 0 Å². The van der Waals surface area contributed by atoms with E-state index in [2.05, 4.69) is 11.0 Å². The smallest absolute Gasteiger partial charge is 0.410 e. The maximum Gasteiger partial charge on any atom is 0.410 e. The van der Waals surface area contributed by atoms with Gasteiger partial charge in [-0.3, -0.25) is 4.90 Å². The van der Waals surface area contributed by atoms with E-state index >= 15 is 0 Å². The molecule has 0 bridgehead atoms. The van der Waals surface area contributed by atoms with Crippen LogP contribution in [0, 0.1) is 16.7 Å². The van der Waals surface area contributed by atoms with Crippen LogP contribution in [0.25, 0.3) is 0 Å². The van der Waals surface area contributed by atoms with Crippen molar-refractivity contribution >= 4 is 6.09 Å². The van der Waals surface area contributed by atoms with Crippen molar-refractivity contribution in [3.63, 3.8) is 0 Å². The summed E-state index contributed by atoms with van der Waals surface area (Å²) >= 11 is 0. The highest BCUT2D eigenvalue weighted by molar-refractivity contribution is 5.68. The molecular weight excluding hydrogens is 242 g/mol. The predicted molar refractivity (Wildman–Crippen MR) is 71.5 cm³/mol. The van der Waals surface area contributed by atoms with Gasteiger partial charge in [0.1, 0.15) is 5.60 Å². The molecule has 0 aromatic carbocycles. The van der Waals surface area contributed by atoms with Gasteiger partial charge >= 0.3 is 6.09 Å². The molecule has 1 aliphatic heterocycles. The quantitative estimate of drug-likeness (QED) is 0.764. The lowest BCUT2D eigenvalue weighted by molar-refractivity contribution is 0.0136. The minimum absolute atomic E-state index is 0.0892. The zero-order valence-electron chi connectivity index (χ0n) is 12.1. The summed E-state index contributed by atoms with van der Waals surface area (Å²) in [6, 6.07) is 2.42. The van der Waals surface area contributed by atoms with Gasteiger partial charge in [0.2, 0.25) is 0 Å². The van der Waals surface area contributed by atoms with Crippen molar-refractivity contribution in [3.8, 4) is 6.07 Å². The molecular formula is C14H23N3O2. The molecule has 0 radical (unpaired) electrons. The van der Waals surface area contributed by atoms with E-state index in [-0.39, 0.29) is 11.5 Å². The third-order valence-electron chi connectivity index (χ3n) is 3.64. The Morgan fingerprint density at radius 3 is 2.26 bits per heavy atom. The Morgan fingerprint density at radius 1 is 1.26 bits per heavy atom. The van der Waals surface area contributed by atoms with Gasteiger partial charge in [0.25, 0.3) is 0 Å². The second-order valence-corrected chi connectivity index (χ2v) is 6.64. The molecule has 0 unspecified atom stereocenters. The van der Waals surface area contributed by atoms with Gasteiger partial charge in [0.05, 0.1) is 11.5 Å². The molecule has 5 heteroatoms. The normalized spacial score (nSPS) is 22.7. The molecule has 1 saturated heterocycles. The Kier molecular flexibility index (Phi) is 3.73. The molecule has 2 aliphatic rings. The number of carbonyl (C=O) groups is 1. The topological polar surface area (TPSA) is 56.6 Å². The molecule has 1 heterocycles. The largest absolute Gasteiger partial charge is 0.444 e. The number of nitrogens with zero attached hydrogens (tertiary/aromatic N) is 3. The lowest BCUT2D eigenvalue weighted by Crippen LogP contribution is -2.51. The fourth-order valence-electron chi connectivity index (χ4n) is 2.30. The van der Waals surface area contributed by atoms with Gasteiger partial charge in [-0.25, -0.2) is 4.79 Å². The van der Waals surface area contributed by atoms with Gasteiger partial charge < -0.3 is 9.64 Å². The first-order chi connectivity index (χ1) is 8.84. The van der Waals surface area contributed by atoms with Crippen molar-refractivity contribution in [1.82, 2.24) is 9.80 Å². The van der Waals surface area contributed by atoms with Gasteiger partial charge in [-0.15, -0.1) is 0 Å². The second kappa shape index (κ2) is 5.01. The molecule has 1 aliphatic carbocycles. The van der Waals surface area contributed by atoms with Crippen molar-refractivity contribution in [2.24, 2.45) is 5.41 Å². The van der Waals surface area contributed by atoms with E-state index < -0.39 is 5.60 Å². The standard InChI is InChI=1S/C14H23N3O2/c1-13(2,3)19-12(18)17-8-6-16(7-9-17)11-14(10-15)4-5-14/h4-9,11H2,1-3H3. The average molecular weight is 265 g/mol. The molecule has 5 nitrogen and oxygen atoms in total. The third kappa shape index (κ3) is 3.84. The van der Waals surface area contributed by atoms with Crippen LogP contribution >= 0.6 is 0 Å². The maximum atomic E-state index is 11.9. The maximum absolute atomic E-state index is 11.9. The molecule has 2 rings (SSSR count). The molecule has 1 saturated carbocycles. The first kappa shape index (κ1) is 14.1. The molecule has 0 aromatic heterocycles. The van der Waals surface area contributed by atoms with Gasteiger partial charge in [-0.1, -0.05) is 0 Å². The number of hydrogen-bond acceptors (Lipinski definition) is 4. The van der Waals surface area contributed by atoms with Crippen LogP contribution in [-0.2, 0) is 4.74 Å². The number of ether oxygens (including phenoxy) is 1. The van der Waals surface area contributed by atoms with Crippen LogP contribution in [0.1, 0.15) is 33.6 Å². The summed E-state index contributed by atoms with van der Waals surface area (Å²) in [5, 5.41) is 9.09. The van der Waals surface area contributed by atoms with Crippen molar-refractivity contribution in [3.05, 3.63) is 0 Å². The van der Waals surface area contributed by atoms with Crippen molar-refractivity contribution in [1.29, 1.82) is 5.26 Å². The summed E-state index contributed by atoms with van der Waals surface area (Å²) in [7, 11) is 0. The molecule has 1 amide bonds. The van der Waals surface area contributed by atoms with Crippen LogP contribution in [0.5, 0.6) is 0 Å². The van der Waals surface area contributed by atoms with Gasteiger partial charge in [-0.05, 0) is 33.6 Å². The number of rotatable bonds is 2. The SMILES string of the molecule is CC(C)(C)OC(=O)N1CCN(CC2(C#N)CC2)CC1. The van der Waals surface area contributed by atoms with Crippen molar-refractivity contribution in [2.75, 3.05) is 32.7 Å². The lowest BCUT2D eigenvalue weighted by atomic mass is 10.1. The summed E-state index contributed by atoms with van der Waals surface area (Å²) in [6.45, 7) is 9.55. The highest BCUT2D eigenvalue weighted by Crippen LogP contribution is 2.45. The zero-order chi connectivity index (χ0) is 14.1. The van der Waals surface area contributed by atoms with E-state index in [1.54, 1.807) is 4.90 Å². The van der Waals surface area contributed by atoms with E-state index in [9.17, 15) is 4.79 Å². The molecule has 0 spiro atoms. The van der Waals surface area contributed by atoms with Gasteiger partial charge in [-0.2, -0.15) is 5.26 Å². The van der Waals surface area contributed by atoms with Crippen LogP contribution in [0.2, 0.25) is 0 Å². The van der Waals surface area contributed by atoms with E-state index in [0.717, 1.165) is 32.5 Å². The highest BCUT2D eigenvalue weighted by atomic mass is 16.6. The Hall–Kier alpha value is -1.28. The molecule has 0 N–H and O–H groups in total. The Morgan fingerprint density at radius 2 is 1.84 bits per heavy atom. The lowest BCUT2D eigenvalue weighted by Gasteiger charge is -2.36. The van der Waals surface area contributed by atoms with E-state index in [0.29, 0.717) is 13.1 Å². The van der Waals surface area contributed by atoms with Crippen molar-refractivity contribution in [2.45, 2.75) is 39.2 Å². The molecule has 2 fully saturated rings. The summed E-state index contributed by atoms with van der Waals surface area (Å²) in [5.74, 6) is 0. The second-order valence-electron chi connectivity index (χ2n) is 6.64. The highest BCUT2D eigenvalue weighted by Gasteiger charge is 2.44. The predicted octanol–water partition coefficient (Wildman–Crippen LogP) is 1.84. The Bertz CT molecular complexity index is 382. The van der Waals surface area contributed by atoms with Crippen LogP contribution in [0.15, 0.2) is 0 Å². The number of carbonyl (C=O) groups excluding carboxylic acids is 1. The fourth-order valence-corrected chi connectivity index (χ4v) is 2.30. The first-order valence-corrected chi connectivity index (χ1v) is 6.95. The first-order valence-electron chi connectivity index (χ1n) is 6.95. The molecule has 0 atom stereocenters. The Balaban J connectivity index is 1.76. The average Bonchev–Trinajstić information content (AvgIpc) is 3.08. The van der Waals surface area contributed by atoms with E-state index in [4.69, 9.17) is 10.00 Å². The summed E-state index contributed by atoms with van der Waals surface area (Å²) in [4.78, 5) is 16.0. The van der Waals surface area contributed by atoms with Crippen molar-refractivity contribution < 1.29 is 9.53 Å². The number of amides is 1. The molecule has 106 valence electrons. The summed E-state index contributed by atoms with van der Waals surface area (Å²) < 4.78 is 5.36. The van der Waals surface area contributed by atoms with Crippen LogP contribution in [0.3, 0.4) is 0 Å². The van der Waals surface area contributed by atoms with Crippen LogP contribution in [-0.4, -0.2) is 54.2 Å². The third-order valence-corrected chi connectivity index (χ3v) is 3.64. The number of piperazine rings is 1. The summed E-state index contributed by atoms with van der Waals surface area (Å²) in [6.07, 6.45) is 1.82. The molecule has 0 aromatic rings. The van der Waals surface area contributed by atoms with Gasteiger partial charge in [0.15, 0.2) is 0 Å². The minimum Gasteiger partial charge on any atom is -0.444 e. The minimum atomic E-state index is -0.437. The van der Waals surface area contributed by atoms with Gasteiger partial charge in [0, 0.05) is 32.7 Å². The molecule has 19 heavy (non-hydrogen) atoms. The Labute approximate surface area is 115 Å². The fraction of sp³-hybridized carbons (Fsp3) is 0.857. The van der Waals surface area contributed by atoms with E-state index in [1.165, 1.54) is 0 Å². The van der Waals surface area contributed by atoms with Crippen LogP contribution in [0.4, 0.5) is 4.79 Å². The zero-order valence-corrected chi connectivity index (χ0v) is 12.1. The van der Waals surface area contributed by atoms with E-state index in [1.807, 2.05) is 20.8 Å². The number of nitriles is 1. The number of hydrogen-bond donors (Lipinski definition) is 0.